The Morgan fingerprint density at radius 3 is 2.36 bits per heavy atom. The highest BCUT2D eigenvalue weighted by atomic mass is 32.2. The van der Waals surface area contributed by atoms with E-state index in [0.717, 1.165) is 22.2 Å². The second kappa shape index (κ2) is 7.36. The van der Waals surface area contributed by atoms with Crippen LogP contribution in [0.5, 0.6) is 0 Å². The number of benzene rings is 2. The number of aromatic nitrogens is 2. The number of hydrogen-bond acceptors (Lipinski definition) is 3. The maximum atomic E-state index is 12.3. The lowest BCUT2D eigenvalue weighted by molar-refractivity contribution is 0.607. The number of nitrogens with one attached hydrogen (secondary N) is 1. The van der Waals surface area contributed by atoms with E-state index < -0.39 is 10.0 Å². The first kappa shape index (κ1) is 17.0. The van der Waals surface area contributed by atoms with Gasteiger partial charge in [-0.3, -0.25) is 4.72 Å². The van der Waals surface area contributed by atoms with Crippen molar-refractivity contribution in [1.82, 2.24) is 9.78 Å². The van der Waals surface area contributed by atoms with Crippen LogP contribution in [0, 0.1) is 6.92 Å². The van der Waals surface area contributed by atoms with E-state index in [4.69, 9.17) is 0 Å². The first-order valence-electron chi connectivity index (χ1n) is 7.86. The molecule has 0 aliphatic rings. The Morgan fingerprint density at radius 1 is 1.04 bits per heavy atom. The molecule has 0 bridgehead atoms. The van der Waals surface area contributed by atoms with E-state index in [0.29, 0.717) is 12.4 Å². The van der Waals surface area contributed by atoms with Gasteiger partial charge in [0.15, 0.2) is 0 Å². The maximum absolute atomic E-state index is 12.3. The van der Waals surface area contributed by atoms with Crippen LogP contribution in [0.1, 0.15) is 16.8 Å². The minimum atomic E-state index is -3.63. The quantitative estimate of drug-likeness (QED) is 0.736. The van der Waals surface area contributed by atoms with Crippen LogP contribution in [-0.4, -0.2) is 18.2 Å². The average Bonchev–Trinajstić information content (AvgIpc) is 2.93. The van der Waals surface area contributed by atoms with Crippen molar-refractivity contribution in [2.45, 2.75) is 13.5 Å². The summed E-state index contributed by atoms with van der Waals surface area (Å²) in [6, 6.07) is 20.8. The van der Waals surface area contributed by atoms with Gasteiger partial charge in [0.2, 0.25) is 0 Å². The highest BCUT2D eigenvalue weighted by Crippen LogP contribution is 2.15. The summed E-state index contributed by atoms with van der Waals surface area (Å²) in [5, 5.41) is 5.54. The molecule has 128 valence electrons. The van der Waals surface area contributed by atoms with E-state index in [1.807, 2.05) is 67.6 Å². The Kier molecular flexibility index (Phi) is 5.00. The molecule has 3 rings (SSSR count). The number of hydrogen-bond donors (Lipinski definition) is 1. The normalized spacial score (nSPS) is 11.7. The summed E-state index contributed by atoms with van der Waals surface area (Å²) in [6.07, 6.45) is 1.56. The molecule has 3 aromatic rings. The molecule has 6 heteroatoms. The fraction of sp³-hybridized carbons (Fsp3) is 0.105. The van der Waals surface area contributed by atoms with Gasteiger partial charge < -0.3 is 0 Å². The van der Waals surface area contributed by atoms with Crippen LogP contribution >= 0.6 is 0 Å². The third-order valence-corrected chi connectivity index (χ3v) is 4.55. The second-order valence-corrected chi connectivity index (χ2v) is 7.24. The number of nitrogens with zero attached hydrogens (tertiary/aromatic N) is 2. The van der Waals surface area contributed by atoms with E-state index in [-0.39, 0.29) is 0 Å². The van der Waals surface area contributed by atoms with Gasteiger partial charge in [-0.1, -0.05) is 60.7 Å². The largest absolute Gasteiger partial charge is 0.264 e. The topological polar surface area (TPSA) is 64.0 Å². The number of rotatable bonds is 6. The number of aryl methyl sites for hydroxylation is 1. The molecule has 0 saturated carbocycles. The molecule has 0 amide bonds. The molecule has 0 atom stereocenters. The van der Waals surface area contributed by atoms with Gasteiger partial charge in [-0.25, -0.2) is 13.1 Å². The predicted molar refractivity (Wildman–Crippen MR) is 101 cm³/mol. The summed E-state index contributed by atoms with van der Waals surface area (Å²) in [5.74, 6) is 0.444. The molecule has 25 heavy (non-hydrogen) atoms. The van der Waals surface area contributed by atoms with E-state index in [9.17, 15) is 8.42 Å². The molecular formula is C19H19N3O2S. The van der Waals surface area contributed by atoms with Gasteiger partial charge in [-0.2, -0.15) is 5.10 Å². The molecule has 0 radical (unpaired) electrons. The van der Waals surface area contributed by atoms with Crippen molar-refractivity contribution in [1.29, 1.82) is 0 Å². The van der Waals surface area contributed by atoms with Crippen LogP contribution in [0.25, 0.3) is 6.08 Å². The fourth-order valence-corrected chi connectivity index (χ4v) is 3.28. The van der Waals surface area contributed by atoms with Crippen LogP contribution in [-0.2, 0) is 16.6 Å². The van der Waals surface area contributed by atoms with Crippen molar-refractivity contribution < 1.29 is 8.42 Å². The first-order valence-corrected chi connectivity index (χ1v) is 9.41. The molecular weight excluding hydrogens is 334 g/mol. The Hall–Kier alpha value is -2.86. The summed E-state index contributed by atoms with van der Waals surface area (Å²) in [6.45, 7) is 2.33. The van der Waals surface area contributed by atoms with E-state index >= 15 is 0 Å². The second-order valence-electron chi connectivity index (χ2n) is 5.67. The summed E-state index contributed by atoms with van der Waals surface area (Å²) < 4.78 is 28.9. The smallest absolute Gasteiger partial charge is 0.256 e. The van der Waals surface area contributed by atoms with Crippen LogP contribution in [0.15, 0.2) is 72.1 Å². The molecule has 0 spiro atoms. The highest BCUT2D eigenvalue weighted by Gasteiger charge is 2.12. The minimum Gasteiger partial charge on any atom is -0.264 e. The lowest BCUT2D eigenvalue weighted by atomic mass is 10.2. The molecule has 2 aromatic carbocycles. The van der Waals surface area contributed by atoms with Gasteiger partial charge in [-0.05, 0) is 24.1 Å². The lowest BCUT2D eigenvalue weighted by Gasteiger charge is -2.08. The third-order valence-electron chi connectivity index (χ3n) is 3.56. The van der Waals surface area contributed by atoms with E-state index in [2.05, 4.69) is 9.82 Å². The third kappa shape index (κ3) is 4.81. The standard InChI is InChI=1S/C19H19N3O2S/c1-16-14-19(22(20-16)15-18-10-6-3-7-11-18)21-25(23,24)13-12-17-8-4-2-5-9-17/h2-14,21H,15H2,1H3/b13-12+. The molecule has 1 heterocycles. The number of anilines is 1. The Morgan fingerprint density at radius 2 is 1.68 bits per heavy atom. The van der Waals surface area contributed by atoms with Gasteiger partial charge in [-0.15, -0.1) is 0 Å². The predicted octanol–water partition coefficient (Wildman–Crippen LogP) is 3.65. The monoisotopic (exact) mass is 353 g/mol. The fourth-order valence-electron chi connectivity index (χ4n) is 2.42. The highest BCUT2D eigenvalue weighted by molar-refractivity contribution is 7.95. The Balaban J connectivity index is 1.79. The first-order chi connectivity index (χ1) is 12.0. The van der Waals surface area contributed by atoms with Crippen LogP contribution in [0.2, 0.25) is 0 Å². The zero-order valence-corrected chi connectivity index (χ0v) is 14.6. The minimum absolute atomic E-state index is 0.444. The van der Waals surface area contributed by atoms with Crippen molar-refractivity contribution in [2.75, 3.05) is 4.72 Å². The molecule has 5 nitrogen and oxygen atoms in total. The van der Waals surface area contributed by atoms with Gasteiger partial charge in [0.25, 0.3) is 10.0 Å². The molecule has 1 N–H and O–H groups in total. The SMILES string of the molecule is Cc1cc(NS(=O)(=O)/C=C/c2ccccc2)n(Cc2ccccc2)n1. The van der Waals surface area contributed by atoms with Gasteiger partial charge >= 0.3 is 0 Å². The van der Waals surface area contributed by atoms with Crippen molar-refractivity contribution in [2.24, 2.45) is 0 Å². The van der Waals surface area contributed by atoms with E-state index in [1.165, 1.54) is 0 Å². The van der Waals surface area contributed by atoms with Gasteiger partial charge in [0.1, 0.15) is 5.82 Å². The zero-order valence-electron chi connectivity index (χ0n) is 13.8. The van der Waals surface area contributed by atoms with Crippen molar-refractivity contribution in [3.63, 3.8) is 0 Å². The zero-order chi connectivity index (χ0) is 17.7. The van der Waals surface area contributed by atoms with Crippen LogP contribution in [0.4, 0.5) is 5.82 Å². The Bertz CT molecular complexity index is 962. The molecule has 0 fully saturated rings. The lowest BCUT2D eigenvalue weighted by Crippen LogP contribution is -2.14. The van der Waals surface area contributed by atoms with Crippen molar-refractivity contribution in [3.05, 3.63) is 89.0 Å². The molecule has 1 aromatic heterocycles. The van der Waals surface area contributed by atoms with Gasteiger partial charge in [0, 0.05) is 6.07 Å². The number of sulfonamides is 1. The Labute approximate surface area is 147 Å². The van der Waals surface area contributed by atoms with E-state index in [1.54, 1.807) is 16.8 Å². The van der Waals surface area contributed by atoms with Crippen molar-refractivity contribution in [3.8, 4) is 0 Å². The summed E-state index contributed by atoms with van der Waals surface area (Å²) in [7, 11) is -3.63. The summed E-state index contributed by atoms with van der Waals surface area (Å²) in [5.41, 5.74) is 2.62. The summed E-state index contributed by atoms with van der Waals surface area (Å²) >= 11 is 0. The molecule has 0 unspecified atom stereocenters. The van der Waals surface area contributed by atoms with Crippen molar-refractivity contribution >= 4 is 21.9 Å². The van der Waals surface area contributed by atoms with Crippen LogP contribution in [0.3, 0.4) is 0 Å². The maximum Gasteiger partial charge on any atom is 0.256 e. The van der Waals surface area contributed by atoms with Crippen LogP contribution < -0.4 is 4.72 Å². The molecule has 0 aliphatic heterocycles. The summed E-state index contributed by atoms with van der Waals surface area (Å²) in [4.78, 5) is 0. The average molecular weight is 353 g/mol. The molecule has 0 saturated heterocycles. The van der Waals surface area contributed by atoms with Gasteiger partial charge in [0.05, 0.1) is 17.6 Å². The molecule has 0 aliphatic carbocycles.